The molecule has 0 amide bonds. The van der Waals surface area contributed by atoms with E-state index in [-0.39, 0.29) is 6.42 Å². The average Bonchev–Trinajstić information content (AvgIpc) is 2.50. The lowest BCUT2D eigenvalue weighted by molar-refractivity contribution is -0.154. The van der Waals surface area contributed by atoms with Crippen LogP contribution < -0.4 is 0 Å². The van der Waals surface area contributed by atoms with E-state index in [1.165, 1.54) is 0 Å². The molecule has 0 aliphatic rings. The molecule has 124 valence electrons. The lowest BCUT2D eigenvalue weighted by atomic mass is 9.96. The second kappa shape index (κ2) is 10.8. The van der Waals surface area contributed by atoms with Crippen LogP contribution in [0.15, 0.2) is 0 Å². The minimum atomic E-state index is -2.11. The first-order chi connectivity index (χ1) is 9.86. The van der Waals surface area contributed by atoms with Gasteiger partial charge in [0.2, 0.25) is 11.6 Å². The number of hydrogen-bond acceptors (Lipinski definition) is 7. The van der Waals surface area contributed by atoms with E-state index in [2.05, 4.69) is 6.92 Å². The Morgan fingerprint density at radius 2 is 1.48 bits per heavy atom. The lowest BCUT2D eigenvalue weighted by Crippen LogP contribution is -2.50. The molecule has 0 aliphatic carbocycles. The molecule has 0 fully saturated rings. The Hall–Kier alpha value is -0.860. The molecule has 21 heavy (non-hydrogen) atoms. The van der Waals surface area contributed by atoms with E-state index in [0.29, 0.717) is 6.42 Å². The lowest BCUT2D eigenvalue weighted by Gasteiger charge is -2.24. The summed E-state index contributed by atoms with van der Waals surface area (Å²) in [7, 11) is 0. The van der Waals surface area contributed by atoms with Crippen molar-refractivity contribution in [3.8, 4) is 0 Å². The quantitative estimate of drug-likeness (QED) is 0.228. The Morgan fingerprint density at radius 3 is 2.00 bits per heavy atom. The Morgan fingerprint density at radius 1 is 0.905 bits per heavy atom. The van der Waals surface area contributed by atoms with E-state index in [1.54, 1.807) is 0 Å². The fraction of sp³-hybridized carbons (Fsp3) is 0.857. The Kier molecular flexibility index (Phi) is 10.4. The third-order valence-electron chi connectivity index (χ3n) is 3.31. The number of Topliss-reactive ketones (excluding diaryl/α,β-unsaturated/α-hetero) is 2. The van der Waals surface area contributed by atoms with Gasteiger partial charge < -0.3 is 25.5 Å². The second-order valence-corrected chi connectivity index (χ2v) is 5.13. The predicted molar refractivity (Wildman–Crippen MR) is 74.5 cm³/mol. The van der Waals surface area contributed by atoms with Gasteiger partial charge in [0.1, 0.15) is 24.4 Å². The maximum atomic E-state index is 11.6. The zero-order valence-electron chi connectivity index (χ0n) is 12.3. The number of ketones is 2. The average molecular weight is 306 g/mol. The van der Waals surface area contributed by atoms with Gasteiger partial charge in [-0.3, -0.25) is 9.59 Å². The monoisotopic (exact) mass is 306 g/mol. The smallest absolute Gasteiger partial charge is 0.229 e. The highest BCUT2D eigenvalue weighted by molar-refractivity contribution is 6.38. The normalized spacial score (nSPS) is 17.0. The van der Waals surface area contributed by atoms with Crippen LogP contribution in [0.5, 0.6) is 0 Å². The molecule has 0 rings (SSSR count). The molecule has 5 N–H and O–H groups in total. The highest BCUT2D eigenvalue weighted by Crippen LogP contribution is 2.10. The summed E-state index contributed by atoms with van der Waals surface area (Å²) < 4.78 is 0. The standard InChI is InChI=1S/C14H26O7/c1-2-3-4-5-6-7-9(16)11(18)13(20)14(21)12(19)10(17)8-15/h10,12-15,17,19-21H,2-8H2,1H3/t10-,12-,13+,14+/m1/s1. The van der Waals surface area contributed by atoms with Crippen LogP contribution in [0.4, 0.5) is 0 Å². The summed E-state index contributed by atoms with van der Waals surface area (Å²) in [5, 5.41) is 46.2. The van der Waals surface area contributed by atoms with Crippen molar-refractivity contribution in [2.24, 2.45) is 0 Å². The van der Waals surface area contributed by atoms with Gasteiger partial charge in [0, 0.05) is 6.42 Å². The minimum Gasteiger partial charge on any atom is -0.394 e. The fourth-order valence-electron chi connectivity index (χ4n) is 1.85. The molecule has 0 aromatic carbocycles. The second-order valence-electron chi connectivity index (χ2n) is 5.13. The minimum absolute atomic E-state index is 0.0228. The van der Waals surface area contributed by atoms with Crippen LogP contribution in [0, 0.1) is 0 Å². The third-order valence-corrected chi connectivity index (χ3v) is 3.31. The highest BCUT2D eigenvalue weighted by Gasteiger charge is 2.36. The number of rotatable bonds is 12. The van der Waals surface area contributed by atoms with E-state index < -0.39 is 42.6 Å². The largest absolute Gasteiger partial charge is 0.394 e. The zero-order chi connectivity index (χ0) is 16.4. The SMILES string of the molecule is CCCCCCCC(=O)C(=O)[C@H](O)[C@@H](O)[C@H](O)[C@H](O)CO. The summed E-state index contributed by atoms with van der Waals surface area (Å²) in [6.07, 6.45) is -3.37. The van der Waals surface area contributed by atoms with Crippen molar-refractivity contribution < 1.29 is 35.1 Å². The number of aliphatic hydroxyl groups is 5. The van der Waals surface area contributed by atoms with Crippen LogP contribution in [-0.2, 0) is 9.59 Å². The van der Waals surface area contributed by atoms with Gasteiger partial charge in [-0.05, 0) is 6.42 Å². The van der Waals surface area contributed by atoms with Crippen LogP contribution in [0.3, 0.4) is 0 Å². The molecule has 0 aromatic rings. The number of hydrogen-bond donors (Lipinski definition) is 5. The van der Waals surface area contributed by atoms with Gasteiger partial charge in [0.25, 0.3) is 0 Å². The van der Waals surface area contributed by atoms with Crippen molar-refractivity contribution in [3.63, 3.8) is 0 Å². The van der Waals surface area contributed by atoms with Crippen LogP contribution >= 0.6 is 0 Å². The van der Waals surface area contributed by atoms with Crippen LogP contribution in [0.1, 0.15) is 45.4 Å². The van der Waals surface area contributed by atoms with Crippen molar-refractivity contribution in [2.75, 3.05) is 6.61 Å². The molecule has 0 heterocycles. The van der Waals surface area contributed by atoms with Gasteiger partial charge in [-0.2, -0.15) is 0 Å². The van der Waals surface area contributed by atoms with Gasteiger partial charge in [-0.25, -0.2) is 0 Å². The van der Waals surface area contributed by atoms with Gasteiger partial charge in [-0.1, -0.05) is 32.6 Å². The molecule has 0 unspecified atom stereocenters. The molecule has 0 aromatic heterocycles. The molecule has 0 spiro atoms. The summed E-state index contributed by atoms with van der Waals surface area (Å²) in [4.78, 5) is 23.2. The molecule has 0 saturated heterocycles. The topological polar surface area (TPSA) is 135 Å². The molecule has 0 saturated carbocycles. The van der Waals surface area contributed by atoms with Gasteiger partial charge in [0.15, 0.2) is 0 Å². The van der Waals surface area contributed by atoms with Gasteiger partial charge in [-0.15, -0.1) is 0 Å². The fourth-order valence-corrected chi connectivity index (χ4v) is 1.85. The molecule has 0 bridgehead atoms. The molecule has 7 heteroatoms. The molecular weight excluding hydrogens is 280 g/mol. The highest BCUT2D eigenvalue weighted by atomic mass is 16.4. The van der Waals surface area contributed by atoms with Crippen molar-refractivity contribution in [2.45, 2.75) is 69.9 Å². The molecular formula is C14H26O7. The summed E-state index contributed by atoms with van der Waals surface area (Å²) in [6, 6.07) is 0. The molecule has 0 aliphatic heterocycles. The summed E-state index contributed by atoms with van der Waals surface area (Å²) in [5.41, 5.74) is 0. The van der Waals surface area contributed by atoms with Crippen molar-refractivity contribution in [3.05, 3.63) is 0 Å². The Balaban J connectivity index is 4.26. The number of aliphatic hydroxyl groups excluding tert-OH is 5. The van der Waals surface area contributed by atoms with Crippen molar-refractivity contribution in [1.82, 2.24) is 0 Å². The van der Waals surface area contributed by atoms with Crippen molar-refractivity contribution in [1.29, 1.82) is 0 Å². The number of carbonyl (C=O) groups excluding carboxylic acids is 2. The van der Waals surface area contributed by atoms with Crippen molar-refractivity contribution >= 4 is 11.6 Å². The van der Waals surface area contributed by atoms with E-state index in [0.717, 1.165) is 25.7 Å². The third kappa shape index (κ3) is 7.10. The van der Waals surface area contributed by atoms with Crippen LogP contribution in [0.2, 0.25) is 0 Å². The van der Waals surface area contributed by atoms with E-state index in [1.807, 2.05) is 0 Å². The first-order valence-electron chi connectivity index (χ1n) is 7.26. The van der Waals surface area contributed by atoms with E-state index in [4.69, 9.17) is 10.2 Å². The zero-order valence-corrected chi connectivity index (χ0v) is 12.3. The summed E-state index contributed by atoms with van der Waals surface area (Å²) >= 11 is 0. The van der Waals surface area contributed by atoms with Crippen LogP contribution in [0.25, 0.3) is 0 Å². The first-order valence-corrected chi connectivity index (χ1v) is 7.26. The number of carbonyl (C=O) groups is 2. The Labute approximate surface area is 124 Å². The molecule has 0 radical (unpaired) electrons. The Bertz CT molecular complexity index is 318. The maximum Gasteiger partial charge on any atom is 0.229 e. The maximum absolute atomic E-state index is 11.6. The molecule has 4 atom stereocenters. The predicted octanol–water partition coefficient (Wildman–Crippen LogP) is -1.08. The molecule has 7 nitrogen and oxygen atoms in total. The summed E-state index contributed by atoms with van der Waals surface area (Å²) in [5.74, 6) is -2.01. The number of unbranched alkanes of at least 4 members (excludes halogenated alkanes) is 4. The first kappa shape index (κ1) is 20.1. The van der Waals surface area contributed by atoms with Gasteiger partial charge in [0.05, 0.1) is 6.61 Å². The van der Waals surface area contributed by atoms with E-state index >= 15 is 0 Å². The van der Waals surface area contributed by atoms with Gasteiger partial charge >= 0.3 is 0 Å². The van der Waals surface area contributed by atoms with E-state index in [9.17, 15) is 24.9 Å². The summed E-state index contributed by atoms with van der Waals surface area (Å²) in [6.45, 7) is 1.21. The van der Waals surface area contributed by atoms with Crippen LogP contribution in [-0.4, -0.2) is 68.1 Å².